The molecule has 2 atom stereocenters. The van der Waals surface area contributed by atoms with Gasteiger partial charge in [-0.1, -0.05) is 6.07 Å². The molecule has 3 aliphatic rings. The van der Waals surface area contributed by atoms with Crippen LogP contribution in [0.5, 0.6) is 0 Å². The second kappa shape index (κ2) is 7.43. The normalized spacial score (nSPS) is 22.0. The summed E-state index contributed by atoms with van der Waals surface area (Å²) < 4.78 is 36.5. The minimum Gasteiger partial charge on any atom is -0.375 e. The van der Waals surface area contributed by atoms with Gasteiger partial charge in [-0.15, -0.1) is 23.1 Å². The molecule has 5 heterocycles. The van der Waals surface area contributed by atoms with Gasteiger partial charge in [-0.25, -0.2) is 8.78 Å². The Bertz CT molecular complexity index is 1310. The number of benzene rings is 1. The molecular formula is C22H17F2N3O3S2. The van der Waals surface area contributed by atoms with E-state index < -0.39 is 23.8 Å². The largest absolute Gasteiger partial charge is 0.375 e. The summed E-state index contributed by atoms with van der Waals surface area (Å²) in [5, 5.41) is 3.94. The summed E-state index contributed by atoms with van der Waals surface area (Å²) in [5.74, 6) is -1.67. The van der Waals surface area contributed by atoms with Gasteiger partial charge in [0.2, 0.25) is 0 Å². The van der Waals surface area contributed by atoms with Crippen LogP contribution in [0.3, 0.4) is 0 Å². The van der Waals surface area contributed by atoms with Crippen molar-refractivity contribution < 1.29 is 18.3 Å². The molecule has 2 aromatic heterocycles. The first-order chi connectivity index (χ1) is 15.5. The van der Waals surface area contributed by atoms with E-state index in [0.717, 1.165) is 15.8 Å². The molecule has 32 heavy (non-hydrogen) atoms. The Morgan fingerprint density at radius 1 is 1.12 bits per heavy atom. The maximum Gasteiger partial charge on any atom is 0.274 e. The van der Waals surface area contributed by atoms with Gasteiger partial charge >= 0.3 is 0 Å². The van der Waals surface area contributed by atoms with E-state index in [9.17, 15) is 18.4 Å². The van der Waals surface area contributed by atoms with Crippen molar-refractivity contribution in [2.45, 2.75) is 22.9 Å². The van der Waals surface area contributed by atoms with Crippen molar-refractivity contribution in [3.63, 3.8) is 0 Å². The Morgan fingerprint density at radius 2 is 2.00 bits per heavy atom. The molecule has 6 nitrogen and oxygen atoms in total. The summed E-state index contributed by atoms with van der Waals surface area (Å²) in [7, 11) is 0. The van der Waals surface area contributed by atoms with E-state index in [2.05, 4.69) is 0 Å². The zero-order chi connectivity index (χ0) is 22.0. The molecule has 0 radical (unpaired) electrons. The van der Waals surface area contributed by atoms with Crippen LogP contribution in [0.15, 0.2) is 51.6 Å². The number of thiophene rings is 1. The van der Waals surface area contributed by atoms with Crippen molar-refractivity contribution in [3.8, 4) is 0 Å². The van der Waals surface area contributed by atoms with Gasteiger partial charge < -0.3 is 9.64 Å². The number of halogens is 2. The van der Waals surface area contributed by atoms with Crippen molar-refractivity contribution in [2.24, 2.45) is 0 Å². The molecule has 1 fully saturated rings. The maximum absolute atomic E-state index is 14.9. The third-order valence-electron chi connectivity index (χ3n) is 6.11. The Kier molecular flexibility index (Phi) is 4.63. The van der Waals surface area contributed by atoms with Crippen molar-refractivity contribution >= 4 is 29.0 Å². The first-order valence-corrected chi connectivity index (χ1v) is 12.0. The van der Waals surface area contributed by atoms with E-state index in [1.54, 1.807) is 21.8 Å². The second-order valence-corrected chi connectivity index (χ2v) is 9.76. The number of rotatable bonds is 1. The molecule has 164 valence electrons. The molecule has 1 saturated heterocycles. The van der Waals surface area contributed by atoms with Gasteiger partial charge in [0.1, 0.15) is 17.9 Å². The molecule has 1 unspecified atom stereocenters. The third-order valence-corrected chi connectivity index (χ3v) is 8.31. The fraction of sp³-hybridized carbons (Fsp3) is 0.273. The number of aromatic nitrogens is 1. The number of carbonyl (C=O) groups is 1. The number of amides is 1. The molecule has 3 aromatic rings. The lowest BCUT2D eigenvalue weighted by Crippen LogP contribution is -2.66. The fourth-order valence-electron chi connectivity index (χ4n) is 4.66. The molecule has 6 rings (SSSR count). The summed E-state index contributed by atoms with van der Waals surface area (Å²) in [6, 6.07) is 6.99. The predicted octanol–water partition coefficient (Wildman–Crippen LogP) is 3.33. The molecule has 10 heteroatoms. The average molecular weight is 474 g/mol. The van der Waals surface area contributed by atoms with E-state index in [0.29, 0.717) is 30.0 Å². The van der Waals surface area contributed by atoms with Crippen LogP contribution in [-0.4, -0.2) is 41.4 Å². The minimum atomic E-state index is -0.881. The van der Waals surface area contributed by atoms with Crippen LogP contribution in [0.4, 0.5) is 8.78 Å². The van der Waals surface area contributed by atoms with E-state index in [1.165, 1.54) is 35.2 Å². The average Bonchev–Trinajstić information content (AvgIpc) is 3.20. The van der Waals surface area contributed by atoms with Crippen molar-refractivity contribution in [3.05, 3.63) is 85.5 Å². The van der Waals surface area contributed by atoms with Gasteiger partial charge in [0.05, 0.1) is 13.2 Å². The Labute approximate surface area is 190 Å². The number of morpholine rings is 1. The molecule has 0 aliphatic carbocycles. The van der Waals surface area contributed by atoms with E-state index in [1.807, 2.05) is 16.5 Å². The number of thioether (sulfide) groups is 1. The van der Waals surface area contributed by atoms with Crippen LogP contribution in [0.2, 0.25) is 0 Å². The lowest BCUT2D eigenvalue weighted by atomic mass is 9.97. The highest BCUT2D eigenvalue weighted by Gasteiger charge is 2.45. The molecular weight excluding hydrogens is 456 g/mol. The van der Waals surface area contributed by atoms with Crippen LogP contribution in [0.1, 0.15) is 32.5 Å². The number of fused-ring (bicyclic) bond motifs is 4. The highest BCUT2D eigenvalue weighted by Crippen LogP contribution is 2.47. The molecule has 0 saturated carbocycles. The summed E-state index contributed by atoms with van der Waals surface area (Å²) in [6.07, 6.45) is 1.11. The Balaban J connectivity index is 1.64. The first kappa shape index (κ1) is 20.0. The number of ether oxygens (including phenoxy) is 1. The van der Waals surface area contributed by atoms with Gasteiger partial charge in [-0.3, -0.25) is 19.3 Å². The number of hydrogen-bond acceptors (Lipinski definition) is 6. The number of carbonyl (C=O) groups excluding carboxylic acids is 1. The van der Waals surface area contributed by atoms with Crippen LogP contribution >= 0.6 is 23.1 Å². The van der Waals surface area contributed by atoms with E-state index >= 15 is 0 Å². The second-order valence-electron chi connectivity index (χ2n) is 7.80. The molecule has 0 bridgehead atoms. The smallest absolute Gasteiger partial charge is 0.274 e. The van der Waals surface area contributed by atoms with Crippen LogP contribution in [0.25, 0.3) is 0 Å². The summed E-state index contributed by atoms with van der Waals surface area (Å²) in [5.41, 5.74) is 0.932. The van der Waals surface area contributed by atoms with E-state index in [-0.39, 0.29) is 23.6 Å². The van der Waals surface area contributed by atoms with E-state index in [4.69, 9.17) is 4.74 Å². The van der Waals surface area contributed by atoms with Gasteiger partial charge in [0, 0.05) is 46.0 Å². The van der Waals surface area contributed by atoms with Gasteiger partial charge in [0.25, 0.3) is 5.91 Å². The zero-order valence-electron chi connectivity index (χ0n) is 16.7. The Morgan fingerprint density at radius 3 is 2.88 bits per heavy atom. The number of nitrogens with zero attached hydrogens (tertiary/aromatic N) is 3. The Hall–Kier alpha value is -2.69. The molecule has 1 amide bonds. The van der Waals surface area contributed by atoms with Gasteiger partial charge in [-0.05, 0) is 23.1 Å². The maximum atomic E-state index is 14.9. The molecule has 1 aromatic carbocycles. The number of pyridine rings is 1. The van der Waals surface area contributed by atoms with Crippen molar-refractivity contribution in [1.29, 1.82) is 0 Å². The quantitative estimate of drug-likeness (QED) is 0.543. The monoisotopic (exact) mass is 473 g/mol. The fourth-order valence-corrected chi connectivity index (χ4v) is 6.98. The lowest BCUT2D eigenvalue weighted by molar-refractivity contribution is -0.0193. The molecule has 3 aliphatic heterocycles. The highest BCUT2D eigenvalue weighted by molar-refractivity contribution is 7.98. The number of hydrogen-bond donors (Lipinski definition) is 0. The first-order valence-electron chi connectivity index (χ1n) is 10.1. The van der Waals surface area contributed by atoms with Crippen molar-refractivity contribution in [2.75, 3.05) is 24.8 Å². The SMILES string of the molecule is O=C1c2cc(=O)ccn2N(C2c3ccc(F)c(F)c3CSc3ccsc32)[C@@H]2COCCN12. The molecule has 0 N–H and O–H groups in total. The summed E-state index contributed by atoms with van der Waals surface area (Å²) in [6.45, 7) is 1.04. The summed E-state index contributed by atoms with van der Waals surface area (Å²) >= 11 is 3.00. The van der Waals surface area contributed by atoms with Crippen molar-refractivity contribution in [1.82, 2.24) is 9.58 Å². The van der Waals surface area contributed by atoms with Gasteiger partial charge in [0.15, 0.2) is 17.1 Å². The standard InChI is InChI=1S/C22H17F2N3O3S2/c23-15-2-1-13-14(19(15)24)11-32-17-4-8-31-21(17)20(13)27-18-10-30-7-6-25(18)22(29)16-9-12(28)3-5-26(16)27/h1-5,8-9,18,20H,6-7,10-11H2/t18-,20?/m1/s1. The van der Waals surface area contributed by atoms with Crippen LogP contribution < -0.4 is 10.4 Å². The van der Waals surface area contributed by atoms with Crippen LogP contribution in [0, 0.1) is 11.6 Å². The highest BCUT2D eigenvalue weighted by atomic mass is 32.2. The topological polar surface area (TPSA) is 54.8 Å². The predicted molar refractivity (Wildman–Crippen MR) is 117 cm³/mol. The zero-order valence-corrected chi connectivity index (χ0v) is 18.3. The van der Waals surface area contributed by atoms with Crippen LogP contribution in [-0.2, 0) is 10.5 Å². The lowest BCUT2D eigenvalue weighted by Gasteiger charge is -2.51. The molecule has 0 spiro atoms. The summed E-state index contributed by atoms with van der Waals surface area (Å²) in [4.78, 5) is 29.0. The van der Waals surface area contributed by atoms with Gasteiger partial charge in [-0.2, -0.15) is 0 Å². The minimum absolute atomic E-state index is 0.243. The third kappa shape index (κ3) is 2.86.